The minimum atomic E-state index is -0.469. The van der Waals surface area contributed by atoms with E-state index in [-0.39, 0.29) is 6.10 Å². The van der Waals surface area contributed by atoms with E-state index in [1.807, 2.05) is 25.3 Å². The van der Waals surface area contributed by atoms with Crippen molar-refractivity contribution in [2.24, 2.45) is 0 Å². The number of aliphatic hydroxyl groups excluding tert-OH is 1. The lowest BCUT2D eigenvalue weighted by Gasteiger charge is -2.12. The highest BCUT2D eigenvalue weighted by atomic mass is 32.1. The van der Waals surface area contributed by atoms with E-state index < -0.39 is 6.10 Å². The molecule has 1 rings (SSSR count). The molecule has 0 fully saturated rings. The Morgan fingerprint density at radius 2 is 2.22 bits per heavy atom. The van der Waals surface area contributed by atoms with E-state index in [2.05, 4.69) is 11.4 Å². The van der Waals surface area contributed by atoms with Crippen LogP contribution in [0, 0.1) is 0 Å². The average Bonchev–Trinajstić information content (AvgIpc) is 2.81. The first kappa shape index (κ1) is 15.6. The molecule has 0 aliphatic carbocycles. The minimum Gasteiger partial charge on any atom is -0.389 e. The molecule has 1 aromatic rings. The highest BCUT2D eigenvalue weighted by Gasteiger charge is 2.04. The Hall–Kier alpha value is -0.460. The van der Waals surface area contributed by atoms with Crippen molar-refractivity contribution in [1.29, 1.82) is 0 Å². The third-order valence-corrected chi connectivity index (χ3v) is 3.12. The molecule has 0 radical (unpaired) electrons. The van der Waals surface area contributed by atoms with Crippen molar-refractivity contribution in [3.05, 3.63) is 22.4 Å². The van der Waals surface area contributed by atoms with Crippen LogP contribution in [-0.2, 0) is 16.0 Å². The quantitative estimate of drug-likeness (QED) is 0.636. The van der Waals surface area contributed by atoms with Crippen molar-refractivity contribution in [1.82, 2.24) is 5.32 Å². The summed E-state index contributed by atoms with van der Waals surface area (Å²) in [5.74, 6) is 0. The van der Waals surface area contributed by atoms with Gasteiger partial charge in [-0.2, -0.15) is 0 Å². The van der Waals surface area contributed by atoms with E-state index in [0.29, 0.717) is 26.4 Å². The van der Waals surface area contributed by atoms with Crippen LogP contribution in [0.15, 0.2) is 17.5 Å². The predicted octanol–water partition coefficient (Wildman–Crippen LogP) is 1.64. The monoisotopic (exact) mass is 273 g/mol. The number of rotatable bonds is 10. The molecule has 18 heavy (non-hydrogen) atoms. The minimum absolute atomic E-state index is 0.228. The molecule has 1 atom stereocenters. The van der Waals surface area contributed by atoms with Gasteiger partial charge in [0, 0.05) is 18.0 Å². The van der Waals surface area contributed by atoms with Crippen LogP contribution in [0.1, 0.15) is 18.7 Å². The summed E-state index contributed by atoms with van der Waals surface area (Å²) in [6.45, 7) is 6.77. The summed E-state index contributed by atoms with van der Waals surface area (Å²) in [6, 6.07) is 4.10. The van der Waals surface area contributed by atoms with Crippen LogP contribution in [0.25, 0.3) is 0 Å². The Labute approximate surface area is 113 Å². The summed E-state index contributed by atoms with van der Waals surface area (Å²) in [5.41, 5.74) is 0. The van der Waals surface area contributed by atoms with Gasteiger partial charge in [-0.05, 0) is 25.3 Å². The molecule has 0 aliphatic rings. The second kappa shape index (κ2) is 9.47. The highest BCUT2D eigenvalue weighted by Crippen LogP contribution is 2.07. The van der Waals surface area contributed by atoms with Gasteiger partial charge < -0.3 is 19.9 Å². The zero-order valence-electron chi connectivity index (χ0n) is 11.1. The third kappa shape index (κ3) is 7.79. The molecular formula is C13H23NO3S. The molecule has 1 heterocycles. The Balaban J connectivity index is 1.92. The summed E-state index contributed by atoms with van der Waals surface area (Å²) in [7, 11) is 0. The van der Waals surface area contributed by atoms with Crippen molar-refractivity contribution in [2.75, 3.05) is 26.4 Å². The Morgan fingerprint density at radius 1 is 1.39 bits per heavy atom. The van der Waals surface area contributed by atoms with Gasteiger partial charge in [0.15, 0.2) is 0 Å². The number of thiophene rings is 1. The number of aliphatic hydroxyl groups is 1. The molecular weight excluding hydrogens is 250 g/mol. The van der Waals surface area contributed by atoms with Crippen LogP contribution in [0.3, 0.4) is 0 Å². The standard InChI is InChI=1S/C13H23NO3S/c1-11(2)17-6-5-16-10-12(15)8-14-9-13-4-3-7-18-13/h3-4,7,11-12,14-15H,5-6,8-10H2,1-2H3. The first-order chi connectivity index (χ1) is 8.68. The van der Waals surface area contributed by atoms with Crippen LogP contribution in [-0.4, -0.2) is 43.7 Å². The van der Waals surface area contributed by atoms with Crippen LogP contribution < -0.4 is 5.32 Å². The summed E-state index contributed by atoms with van der Waals surface area (Å²) >= 11 is 1.71. The van der Waals surface area contributed by atoms with Crippen LogP contribution in [0.2, 0.25) is 0 Å². The van der Waals surface area contributed by atoms with Gasteiger partial charge in [0.2, 0.25) is 0 Å². The van der Waals surface area contributed by atoms with Gasteiger partial charge in [-0.3, -0.25) is 0 Å². The maximum atomic E-state index is 9.66. The molecule has 1 aromatic heterocycles. The summed E-state index contributed by atoms with van der Waals surface area (Å²) < 4.78 is 10.7. The van der Waals surface area contributed by atoms with Crippen LogP contribution in [0.5, 0.6) is 0 Å². The van der Waals surface area contributed by atoms with E-state index in [0.717, 1.165) is 6.54 Å². The maximum absolute atomic E-state index is 9.66. The molecule has 0 saturated carbocycles. The Kier molecular flexibility index (Phi) is 8.20. The zero-order chi connectivity index (χ0) is 13.2. The van der Waals surface area contributed by atoms with Crippen molar-refractivity contribution in [3.8, 4) is 0 Å². The molecule has 0 bridgehead atoms. The van der Waals surface area contributed by atoms with Gasteiger partial charge in [-0.25, -0.2) is 0 Å². The maximum Gasteiger partial charge on any atom is 0.0897 e. The van der Waals surface area contributed by atoms with Crippen molar-refractivity contribution >= 4 is 11.3 Å². The second-order valence-electron chi connectivity index (χ2n) is 4.36. The molecule has 0 amide bonds. The lowest BCUT2D eigenvalue weighted by atomic mass is 10.3. The molecule has 4 nitrogen and oxygen atoms in total. The molecule has 5 heteroatoms. The number of hydrogen-bond donors (Lipinski definition) is 2. The fourth-order valence-electron chi connectivity index (χ4n) is 1.40. The van der Waals surface area contributed by atoms with E-state index in [9.17, 15) is 5.11 Å². The topological polar surface area (TPSA) is 50.7 Å². The third-order valence-electron chi connectivity index (χ3n) is 2.25. The van der Waals surface area contributed by atoms with Gasteiger partial charge in [0.25, 0.3) is 0 Å². The summed E-state index contributed by atoms with van der Waals surface area (Å²) in [5, 5.41) is 14.9. The molecule has 2 N–H and O–H groups in total. The van der Waals surface area contributed by atoms with Crippen molar-refractivity contribution in [2.45, 2.75) is 32.6 Å². The van der Waals surface area contributed by atoms with Crippen molar-refractivity contribution < 1.29 is 14.6 Å². The van der Waals surface area contributed by atoms with Gasteiger partial charge in [-0.15, -0.1) is 11.3 Å². The lowest BCUT2D eigenvalue weighted by Crippen LogP contribution is -2.30. The lowest BCUT2D eigenvalue weighted by molar-refractivity contribution is -0.00999. The molecule has 0 saturated heterocycles. The second-order valence-corrected chi connectivity index (χ2v) is 5.39. The van der Waals surface area contributed by atoms with Gasteiger partial charge in [0.1, 0.15) is 0 Å². The predicted molar refractivity (Wildman–Crippen MR) is 73.9 cm³/mol. The molecule has 0 aromatic carbocycles. The number of ether oxygens (including phenoxy) is 2. The van der Waals surface area contributed by atoms with E-state index in [1.165, 1.54) is 4.88 Å². The molecule has 0 spiro atoms. The first-order valence-electron chi connectivity index (χ1n) is 6.29. The number of hydrogen-bond acceptors (Lipinski definition) is 5. The van der Waals surface area contributed by atoms with Gasteiger partial charge in [0.05, 0.1) is 32.0 Å². The van der Waals surface area contributed by atoms with Crippen molar-refractivity contribution in [3.63, 3.8) is 0 Å². The molecule has 0 aliphatic heterocycles. The largest absolute Gasteiger partial charge is 0.389 e. The van der Waals surface area contributed by atoms with Gasteiger partial charge in [-0.1, -0.05) is 6.07 Å². The molecule has 1 unspecified atom stereocenters. The smallest absolute Gasteiger partial charge is 0.0897 e. The SMILES string of the molecule is CC(C)OCCOCC(O)CNCc1cccs1. The fourth-order valence-corrected chi connectivity index (χ4v) is 2.07. The highest BCUT2D eigenvalue weighted by molar-refractivity contribution is 7.09. The normalized spacial score (nSPS) is 13.1. The summed E-state index contributed by atoms with van der Waals surface area (Å²) in [6.07, 6.45) is -0.241. The van der Waals surface area contributed by atoms with E-state index in [4.69, 9.17) is 9.47 Å². The van der Waals surface area contributed by atoms with E-state index in [1.54, 1.807) is 11.3 Å². The fraction of sp³-hybridized carbons (Fsp3) is 0.692. The average molecular weight is 273 g/mol. The first-order valence-corrected chi connectivity index (χ1v) is 7.17. The summed E-state index contributed by atoms with van der Waals surface area (Å²) in [4.78, 5) is 1.27. The molecule has 104 valence electrons. The van der Waals surface area contributed by atoms with Crippen LogP contribution >= 0.6 is 11.3 Å². The Morgan fingerprint density at radius 3 is 2.89 bits per heavy atom. The Bertz CT molecular complexity index is 290. The van der Waals surface area contributed by atoms with Crippen LogP contribution in [0.4, 0.5) is 0 Å². The van der Waals surface area contributed by atoms with Gasteiger partial charge >= 0.3 is 0 Å². The number of nitrogens with one attached hydrogen (secondary N) is 1. The zero-order valence-corrected chi connectivity index (χ0v) is 11.9. The van der Waals surface area contributed by atoms with E-state index >= 15 is 0 Å².